The first-order valence-electron chi connectivity index (χ1n) is 7.12. The van der Waals surface area contributed by atoms with Gasteiger partial charge >= 0.3 is 0 Å². The van der Waals surface area contributed by atoms with Gasteiger partial charge in [-0.3, -0.25) is 0 Å². The van der Waals surface area contributed by atoms with Gasteiger partial charge in [-0.2, -0.15) is 0 Å². The molecule has 0 amide bonds. The van der Waals surface area contributed by atoms with E-state index in [1.54, 1.807) is 14.0 Å². The molecule has 21 heavy (non-hydrogen) atoms. The van der Waals surface area contributed by atoms with Gasteiger partial charge in [-0.25, -0.2) is 17.5 Å². The molecule has 0 aromatic heterocycles. The topological polar surface area (TPSA) is 58.2 Å². The fourth-order valence-corrected chi connectivity index (χ4v) is 3.12. The van der Waals surface area contributed by atoms with Crippen LogP contribution < -0.4 is 10.0 Å². The molecule has 1 rings (SSSR count). The van der Waals surface area contributed by atoms with Crippen LogP contribution in [-0.4, -0.2) is 22.0 Å². The standard InChI is InChI=1S/C15H25FN2O2S/c1-10(2)12(4)8-18-21(19,20)14-6-11(3)15(16)13(7-14)9-17-5/h6-7,10,12,17-18H,8-9H2,1-5H3. The molecule has 1 atom stereocenters. The second-order valence-corrected chi connectivity index (χ2v) is 7.58. The Labute approximate surface area is 127 Å². The van der Waals surface area contributed by atoms with E-state index in [0.29, 0.717) is 30.1 Å². The Morgan fingerprint density at radius 3 is 2.38 bits per heavy atom. The Morgan fingerprint density at radius 2 is 1.86 bits per heavy atom. The second-order valence-electron chi connectivity index (χ2n) is 5.82. The highest BCUT2D eigenvalue weighted by atomic mass is 32.2. The Kier molecular flexibility index (Phi) is 6.31. The van der Waals surface area contributed by atoms with Crippen molar-refractivity contribution in [3.8, 4) is 0 Å². The second kappa shape index (κ2) is 7.33. The predicted molar refractivity (Wildman–Crippen MR) is 83.1 cm³/mol. The number of aryl methyl sites for hydroxylation is 1. The fourth-order valence-electron chi connectivity index (χ4n) is 1.84. The Hall–Kier alpha value is -0.980. The predicted octanol–water partition coefficient (Wildman–Crippen LogP) is 2.42. The maximum absolute atomic E-state index is 13.9. The lowest BCUT2D eigenvalue weighted by Crippen LogP contribution is -2.30. The average molecular weight is 316 g/mol. The van der Waals surface area contributed by atoms with Gasteiger partial charge in [0.25, 0.3) is 0 Å². The van der Waals surface area contributed by atoms with Crippen LogP contribution in [0.4, 0.5) is 4.39 Å². The van der Waals surface area contributed by atoms with Gasteiger partial charge in [0.2, 0.25) is 10.0 Å². The minimum atomic E-state index is -3.61. The van der Waals surface area contributed by atoms with Gasteiger partial charge in [-0.1, -0.05) is 20.8 Å². The summed E-state index contributed by atoms with van der Waals surface area (Å²) in [5, 5.41) is 2.84. The molecule has 4 nitrogen and oxygen atoms in total. The zero-order chi connectivity index (χ0) is 16.2. The minimum Gasteiger partial charge on any atom is -0.316 e. The number of hydrogen-bond acceptors (Lipinski definition) is 3. The molecule has 1 unspecified atom stereocenters. The van der Waals surface area contributed by atoms with Crippen LogP contribution in [0.15, 0.2) is 17.0 Å². The molecule has 0 fully saturated rings. The van der Waals surface area contributed by atoms with Crippen molar-refractivity contribution in [3.63, 3.8) is 0 Å². The van der Waals surface area contributed by atoms with Crippen molar-refractivity contribution in [3.05, 3.63) is 29.1 Å². The molecule has 0 aliphatic rings. The van der Waals surface area contributed by atoms with Crippen molar-refractivity contribution in [1.29, 1.82) is 0 Å². The lowest BCUT2D eigenvalue weighted by Gasteiger charge is -2.17. The van der Waals surface area contributed by atoms with Gasteiger partial charge in [0.05, 0.1) is 4.90 Å². The summed E-state index contributed by atoms with van der Waals surface area (Å²) in [4.78, 5) is 0.114. The smallest absolute Gasteiger partial charge is 0.240 e. The molecular weight excluding hydrogens is 291 g/mol. The molecule has 0 aliphatic carbocycles. The fraction of sp³-hybridized carbons (Fsp3) is 0.600. The first-order valence-corrected chi connectivity index (χ1v) is 8.60. The Morgan fingerprint density at radius 1 is 1.24 bits per heavy atom. The van der Waals surface area contributed by atoms with Crippen LogP contribution >= 0.6 is 0 Å². The summed E-state index contributed by atoms with van der Waals surface area (Å²) in [7, 11) is -1.92. The number of benzene rings is 1. The van der Waals surface area contributed by atoms with Crippen LogP contribution in [0, 0.1) is 24.6 Å². The van der Waals surface area contributed by atoms with Crippen LogP contribution in [0.1, 0.15) is 31.9 Å². The van der Waals surface area contributed by atoms with Crippen LogP contribution in [0.3, 0.4) is 0 Å². The molecule has 0 saturated heterocycles. The number of hydrogen-bond donors (Lipinski definition) is 2. The third-order valence-electron chi connectivity index (χ3n) is 3.71. The molecular formula is C15H25FN2O2S. The monoisotopic (exact) mass is 316 g/mol. The lowest BCUT2D eigenvalue weighted by atomic mass is 9.99. The van der Waals surface area contributed by atoms with Crippen molar-refractivity contribution in [2.24, 2.45) is 11.8 Å². The SMILES string of the molecule is CNCc1cc(S(=O)(=O)NCC(C)C(C)C)cc(C)c1F. The largest absolute Gasteiger partial charge is 0.316 e. The first-order chi connectivity index (χ1) is 9.69. The van der Waals surface area contributed by atoms with E-state index >= 15 is 0 Å². The van der Waals surface area contributed by atoms with E-state index < -0.39 is 10.0 Å². The van der Waals surface area contributed by atoms with Gasteiger partial charge in [0.1, 0.15) is 5.82 Å². The zero-order valence-electron chi connectivity index (χ0n) is 13.3. The van der Waals surface area contributed by atoms with E-state index in [-0.39, 0.29) is 16.6 Å². The number of halogens is 1. The van der Waals surface area contributed by atoms with Crippen LogP contribution in [0.25, 0.3) is 0 Å². The van der Waals surface area contributed by atoms with E-state index in [4.69, 9.17) is 0 Å². The highest BCUT2D eigenvalue weighted by molar-refractivity contribution is 7.89. The zero-order valence-corrected chi connectivity index (χ0v) is 14.1. The summed E-state index contributed by atoms with van der Waals surface area (Å²) in [6.07, 6.45) is 0. The Balaban J connectivity index is 3.03. The maximum atomic E-state index is 13.9. The van der Waals surface area contributed by atoms with Crippen LogP contribution in [-0.2, 0) is 16.6 Å². The first kappa shape index (κ1) is 18.1. The van der Waals surface area contributed by atoms with Crippen molar-refractivity contribution >= 4 is 10.0 Å². The van der Waals surface area contributed by atoms with E-state index in [1.165, 1.54) is 12.1 Å². The summed E-state index contributed by atoms with van der Waals surface area (Å²) in [5.74, 6) is 0.263. The molecule has 0 bridgehead atoms. The maximum Gasteiger partial charge on any atom is 0.240 e. The number of sulfonamides is 1. The molecule has 0 radical (unpaired) electrons. The lowest BCUT2D eigenvalue weighted by molar-refractivity contribution is 0.414. The van der Waals surface area contributed by atoms with E-state index in [1.807, 2.05) is 20.8 Å². The van der Waals surface area contributed by atoms with Crippen LogP contribution in [0.2, 0.25) is 0 Å². The molecule has 0 aliphatic heterocycles. The molecule has 0 saturated carbocycles. The molecule has 2 N–H and O–H groups in total. The van der Waals surface area contributed by atoms with Gasteiger partial charge in [0, 0.05) is 18.7 Å². The molecule has 1 aromatic rings. The highest BCUT2D eigenvalue weighted by Gasteiger charge is 2.19. The Bertz CT molecular complexity index is 586. The van der Waals surface area contributed by atoms with Crippen molar-refractivity contribution < 1.29 is 12.8 Å². The molecule has 0 heterocycles. The van der Waals surface area contributed by atoms with Crippen molar-refractivity contribution in [2.45, 2.75) is 39.1 Å². The third kappa shape index (κ3) is 4.76. The number of nitrogens with one attached hydrogen (secondary N) is 2. The number of rotatable bonds is 7. The third-order valence-corrected chi connectivity index (χ3v) is 5.12. The van der Waals surface area contributed by atoms with Crippen molar-refractivity contribution in [2.75, 3.05) is 13.6 Å². The molecule has 6 heteroatoms. The molecule has 120 valence electrons. The molecule has 1 aromatic carbocycles. The summed E-state index contributed by atoms with van der Waals surface area (Å²) in [5.41, 5.74) is 0.690. The summed E-state index contributed by atoms with van der Waals surface area (Å²) in [6, 6.07) is 2.76. The summed E-state index contributed by atoms with van der Waals surface area (Å²) in [6.45, 7) is 8.33. The quantitative estimate of drug-likeness (QED) is 0.812. The van der Waals surface area contributed by atoms with Crippen molar-refractivity contribution in [1.82, 2.24) is 10.0 Å². The summed E-state index contributed by atoms with van der Waals surface area (Å²) >= 11 is 0. The van der Waals surface area contributed by atoms with E-state index in [2.05, 4.69) is 10.0 Å². The average Bonchev–Trinajstić information content (AvgIpc) is 2.41. The van der Waals surface area contributed by atoms with Gasteiger partial charge in [-0.15, -0.1) is 0 Å². The van der Waals surface area contributed by atoms with Gasteiger partial charge in [-0.05, 0) is 43.5 Å². The highest BCUT2D eigenvalue weighted by Crippen LogP contribution is 2.20. The van der Waals surface area contributed by atoms with Gasteiger partial charge < -0.3 is 5.32 Å². The summed E-state index contributed by atoms with van der Waals surface area (Å²) < 4.78 is 41.2. The minimum absolute atomic E-state index is 0.114. The van der Waals surface area contributed by atoms with E-state index in [0.717, 1.165) is 0 Å². The van der Waals surface area contributed by atoms with E-state index in [9.17, 15) is 12.8 Å². The molecule has 0 spiro atoms. The van der Waals surface area contributed by atoms with Crippen LogP contribution in [0.5, 0.6) is 0 Å². The van der Waals surface area contributed by atoms with Gasteiger partial charge in [0.15, 0.2) is 0 Å². The normalized spacial score (nSPS) is 13.7.